The van der Waals surface area contributed by atoms with Gasteiger partial charge in [-0.15, -0.1) is 0 Å². The Morgan fingerprint density at radius 1 is 0.900 bits per heavy atom. The summed E-state index contributed by atoms with van der Waals surface area (Å²) in [6.07, 6.45) is 1.27. The van der Waals surface area contributed by atoms with Crippen molar-refractivity contribution in [1.82, 2.24) is 0 Å². The van der Waals surface area contributed by atoms with Gasteiger partial charge in [-0.2, -0.15) is 0 Å². The van der Waals surface area contributed by atoms with Crippen molar-refractivity contribution >= 4 is 0 Å². The van der Waals surface area contributed by atoms with Crippen LogP contribution in [0.25, 0.3) is 0 Å². The van der Waals surface area contributed by atoms with Gasteiger partial charge in [-0.05, 0) is 28.3 Å². The lowest BCUT2D eigenvalue weighted by molar-refractivity contribution is -0.269. The van der Waals surface area contributed by atoms with Crippen LogP contribution in [0.2, 0.25) is 0 Å². The summed E-state index contributed by atoms with van der Waals surface area (Å²) in [5.41, 5.74) is 3.95. The zero-order valence-corrected chi connectivity index (χ0v) is 10.9. The summed E-state index contributed by atoms with van der Waals surface area (Å²) >= 11 is 0. The van der Waals surface area contributed by atoms with Crippen LogP contribution in [-0.4, -0.2) is 17.0 Å². The highest BCUT2D eigenvalue weighted by Gasteiger charge is 2.29. The standard InChI is InChI=1S/C17H16O3/c18-11-13-10-16(20-19)14-8-4-5-9-15(14)17(13)12-6-2-1-3-7-12/h1-10,16-19H,11H2/t16-,17+/m0/s1. The van der Waals surface area contributed by atoms with Gasteiger partial charge in [0.2, 0.25) is 0 Å². The minimum Gasteiger partial charge on any atom is -0.392 e. The average Bonchev–Trinajstić information content (AvgIpc) is 2.54. The Morgan fingerprint density at radius 2 is 1.55 bits per heavy atom. The molecule has 0 heterocycles. The molecule has 0 saturated carbocycles. The molecular weight excluding hydrogens is 252 g/mol. The normalized spacial score (nSPS) is 21.2. The molecule has 3 rings (SSSR count). The fourth-order valence-corrected chi connectivity index (χ4v) is 2.88. The maximum atomic E-state index is 9.66. The molecule has 0 spiro atoms. The van der Waals surface area contributed by atoms with Gasteiger partial charge in [0.25, 0.3) is 0 Å². The molecule has 2 atom stereocenters. The number of hydrogen-bond acceptors (Lipinski definition) is 3. The number of fused-ring (bicyclic) bond motifs is 1. The molecule has 1 aliphatic carbocycles. The van der Waals surface area contributed by atoms with Crippen LogP contribution in [0.1, 0.15) is 28.7 Å². The van der Waals surface area contributed by atoms with Crippen molar-refractivity contribution in [1.29, 1.82) is 0 Å². The molecule has 3 heteroatoms. The minimum atomic E-state index is -0.520. The first-order valence-electron chi connectivity index (χ1n) is 6.60. The first kappa shape index (κ1) is 13.1. The van der Waals surface area contributed by atoms with Crippen molar-refractivity contribution in [3.8, 4) is 0 Å². The van der Waals surface area contributed by atoms with Gasteiger partial charge in [0, 0.05) is 5.92 Å². The summed E-state index contributed by atoms with van der Waals surface area (Å²) in [5.74, 6) is 0.00352. The van der Waals surface area contributed by atoms with Gasteiger partial charge in [-0.1, -0.05) is 54.6 Å². The Hall–Kier alpha value is -1.94. The lowest BCUT2D eigenvalue weighted by Gasteiger charge is -2.30. The monoisotopic (exact) mass is 268 g/mol. The molecule has 20 heavy (non-hydrogen) atoms. The van der Waals surface area contributed by atoms with E-state index < -0.39 is 6.10 Å². The van der Waals surface area contributed by atoms with E-state index in [2.05, 4.69) is 4.89 Å². The highest BCUT2D eigenvalue weighted by atomic mass is 17.1. The van der Waals surface area contributed by atoms with Gasteiger partial charge in [-0.25, -0.2) is 4.89 Å². The van der Waals surface area contributed by atoms with Crippen molar-refractivity contribution < 1.29 is 15.3 Å². The Labute approximate surface area is 117 Å². The van der Waals surface area contributed by atoms with Gasteiger partial charge in [0.15, 0.2) is 0 Å². The van der Waals surface area contributed by atoms with Crippen LogP contribution in [0.3, 0.4) is 0 Å². The van der Waals surface area contributed by atoms with E-state index in [1.165, 1.54) is 0 Å². The van der Waals surface area contributed by atoms with Crippen LogP contribution in [0.5, 0.6) is 0 Å². The fraction of sp³-hybridized carbons (Fsp3) is 0.176. The maximum Gasteiger partial charge on any atom is 0.137 e. The Balaban J connectivity index is 2.16. The molecule has 0 amide bonds. The first-order chi connectivity index (χ1) is 9.85. The third-order valence-electron chi connectivity index (χ3n) is 3.78. The summed E-state index contributed by atoms with van der Waals surface area (Å²) < 4.78 is 0. The van der Waals surface area contributed by atoms with Crippen molar-refractivity contribution in [2.24, 2.45) is 0 Å². The molecule has 0 aromatic heterocycles. The van der Waals surface area contributed by atoms with Gasteiger partial charge in [0.05, 0.1) is 6.61 Å². The van der Waals surface area contributed by atoms with Crippen molar-refractivity contribution in [3.63, 3.8) is 0 Å². The number of aliphatic hydroxyl groups is 1. The van der Waals surface area contributed by atoms with Crippen molar-refractivity contribution in [2.45, 2.75) is 12.0 Å². The molecule has 1 aliphatic rings. The minimum absolute atomic E-state index is 0.00352. The van der Waals surface area contributed by atoms with E-state index >= 15 is 0 Å². The Morgan fingerprint density at radius 3 is 2.20 bits per heavy atom. The molecule has 0 aliphatic heterocycles. The van der Waals surface area contributed by atoms with E-state index in [-0.39, 0.29) is 12.5 Å². The van der Waals surface area contributed by atoms with Crippen molar-refractivity contribution in [3.05, 3.63) is 82.9 Å². The molecule has 2 aromatic carbocycles. The summed E-state index contributed by atoms with van der Waals surface area (Å²) in [6.45, 7) is -0.0618. The van der Waals surface area contributed by atoms with Gasteiger partial charge < -0.3 is 5.11 Å². The van der Waals surface area contributed by atoms with E-state index in [0.29, 0.717) is 0 Å². The zero-order chi connectivity index (χ0) is 13.9. The van der Waals surface area contributed by atoms with E-state index in [1.54, 1.807) is 6.08 Å². The predicted octanol–water partition coefficient (Wildman–Crippen LogP) is 3.28. The lowest BCUT2D eigenvalue weighted by atomic mass is 9.77. The fourth-order valence-electron chi connectivity index (χ4n) is 2.88. The molecule has 0 saturated heterocycles. The summed E-state index contributed by atoms with van der Waals surface area (Å²) in [7, 11) is 0. The van der Waals surface area contributed by atoms with Crippen LogP contribution < -0.4 is 0 Å². The van der Waals surface area contributed by atoms with Crippen LogP contribution in [0.4, 0.5) is 0 Å². The van der Waals surface area contributed by atoms with Gasteiger partial charge in [0.1, 0.15) is 6.10 Å². The van der Waals surface area contributed by atoms with Crippen LogP contribution in [0.15, 0.2) is 66.2 Å². The van der Waals surface area contributed by atoms with E-state index in [1.807, 2.05) is 54.6 Å². The largest absolute Gasteiger partial charge is 0.392 e. The Kier molecular flexibility index (Phi) is 3.65. The summed E-state index contributed by atoms with van der Waals surface area (Å²) in [5, 5.41) is 18.7. The Bertz CT molecular complexity index is 619. The van der Waals surface area contributed by atoms with Crippen LogP contribution in [0, 0.1) is 0 Å². The highest BCUT2D eigenvalue weighted by Crippen LogP contribution is 2.41. The van der Waals surface area contributed by atoms with E-state index in [4.69, 9.17) is 5.26 Å². The molecule has 2 N–H and O–H groups in total. The average molecular weight is 268 g/mol. The molecule has 0 unspecified atom stereocenters. The molecule has 0 radical (unpaired) electrons. The van der Waals surface area contributed by atoms with E-state index in [0.717, 1.165) is 22.3 Å². The van der Waals surface area contributed by atoms with Crippen LogP contribution in [-0.2, 0) is 4.89 Å². The molecule has 2 aromatic rings. The predicted molar refractivity (Wildman–Crippen MR) is 76.4 cm³/mol. The highest BCUT2D eigenvalue weighted by molar-refractivity contribution is 5.50. The second-order valence-electron chi connectivity index (χ2n) is 4.90. The zero-order valence-electron chi connectivity index (χ0n) is 10.9. The van der Waals surface area contributed by atoms with E-state index in [9.17, 15) is 5.11 Å². The number of hydrogen-bond donors (Lipinski definition) is 2. The summed E-state index contributed by atoms with van der Waals surface area (Å²) in [4.78, 5) is 4.55. The summed E-state index contributed by atoms with van der Waals surface area (Å²) in [6, 6.07) is 17.9. The topological polar surface area (TPSA) is 49.7 Å². The van der Waals surface area contributed by atoms with Gasteiger partial charge in [-0.3, -0.25) is 5.26 Å². The molecule has 0 fully saturated rings. The maximum absolute atomic E-state index is 9.66. The van der Waals surface area contributed by atoms with Crippen molar-refractivity contribution in [2.75, 3.05) is 6.61 Å². The molecule has 0 bridgehead atoms. The van der Waals surface area contributed by atoms with Crippen LogP contribution >= 0.6 is 0 Å². The first-order valence-corrected chi connectivity index (χ1v) is 6.60. The SMILES string of the molecule is OCC1=C[C@H](OO)c2ccccc2[C@@H]1c1ccccc1. The second kappa shape index (κ2) is 5.59. The molecule has 102 valence electrons. The molecule has 3 nitrogen and oxygen atoms in total. The quantitative estimate of drug-likeness (QED) is 0.510. The third kappa shape index (κ3) is 2.16. The lowest BCUT2D eigenvalue weighted by Crippen LogP contribution is -2.18. The third-order valence-corrected chi connectivity index (χ3v) is 3.78. The number of aliphatic hydroxyl groups excluding tert-OH is 1. The number of rotatable bonds is 3. The molecular formula is C17H16O3. The second-order valence-corrected chi connectivity index (χ2v) is 4.90. The van der Waals surface area contributed by atoms with Gasteiger partial charge >= 0.3 is 0 Å². The number of benzene rings is 2. The smallest absolute Gasteiger partial charge is 0.137 e.